The maximum Gasteiger partial charge on any atom is 0.329 e. The first-order chi connectivity index (χ1) is 3.72. The van der Waals surface area contributed by atoms with Crippen molar-refractivity contribution in [3.63, 3.8) is 0 Å². The zero-order valence-electron chi connectivity index (χ0n) is 5.60. The average Bonchev–Trinajstić information content (AvgIpc) is 1.69. The normalized spacial score (nSPS) is 7.88. The first-order valence-electron chi connectivity index (χ1n) is 2.59. The number of nitrogens with one attached hydrogen (secondary N) is 1. The van der Waals surface area contributed by atoms with Gasteiger partial charge in [0.05, 0.1) is 0 Å². The highest BCUT2D eigenvalue weighted by molar-refractivity contribution is 5.27. The number of hydrogen-bond donors (Lipinski definition) is 1. The molecule has 0 aromatic heterocycles. The van der Waals surface area contributed by atoms with Gasteiger partial charge in [0.15, 0.2) is 0 Å². The molecule has 0 saturated carbocycles. The Morgan fingerprint density at radius 3 is 2.12 bits per heavy atom. The molecule has 0 amide bonds. The van der Waals surface area contributed by atoms with Crippen molar-refractivity contribution in [3.05, 3.63) is 0 Å². The van der Waals surface area contributed by atoms with Gasteiger partial charge in [-0.05, 0) is 6.92 Å². The van der Waals surface area contributed by atoms with Gasteiger partial charge in [0.2, 0.25) is 0 Å². The summed E-state index contributed by atoms with van der Waals surface area (Å²) < 4.78 is 1.67. The van der Waals surface area contributed by atoms with Crippen molar-refractivity contribution < 1.29 is 4.68 Å². The minimum absolute atomic E-state index is 0.802. The molecule has 0 aliphatic carbocycles. The van der Waals surface area contributed by atoms with Crippen LogP contribution < -0.4 is 0 Å². The van der Waals surface area contributed by atoms with E-state index in [9.17, 15) is 0 Å². The van der Waals surface area contributed by atoms with Gasteiger partial charge in [-0.3, -0.25) is 0 Å². The minimum atomic E-state index is 0.802. The highest BCUT2D eigenvalue weighted by atomic mass is 15.5. The fourth-order valence-electron chi connectivity index (χ4n) is 0.462. The first kappa shape index (κ1) is 7.18. The molecule has 0 aliphatic rings. The number of hydrazone groups is 1. The van der Waals surface area contributed by atoms with E-state index in [-0.39, 0.29) is 0 Å². The second-order valence-electron chi connectivity index (χ2n) is 1.67. The van der Waals surface area contributed by atoms with Crippen LogP contribution in [0, 0.1) is 5.41 Å². The van der Waals surface area contributed by atoms with E-state index in [0.29, 0.717) is 0 Å². The molecule has 0 unspecified atom stereocenters. The maximum atomic E-state index is 6.72. The highest BCUT2D eigenvalue weighted by Crippen LogP contribution is 1.73. The monoisotopic (exact) mass is 114 g/mol. The summed E-state index contributed by atoms with van der Waals surface area (Å²) in [5.74, 6) is 0. The standard InChI is InChI=1S/C5H12N3/c1-4-8(5-6)7(2)3/h6H,4H2,1-3H3/q+1. The van der Waals surface area contributed by atoms with Crippen molar-refractivity contribution in [1.29, 1.82) is 5.41 Å². The van der Waals surface area contributed by atoms with Crippen LogP contribution in [0.25, 0.3) is 0 Å². The van der Waals surface area contributed by atoms with Crippen LogP contribution in [0.4, 0.5) is 0 Å². The third kappa shape index (κ3) is 1.76. The van der Waals surface area contributed by atoms with Crippen molar-refractivity contribution in [2.45, 2.75) is 6.92 Å². The summed E-state index contributed by atoms with van der Waals surface area (Å²) in [5.41, 5.74) is 0. The molecule has 0 spiro atoms. The number of hydrazine groups is 1. The quantitative estimate of drug-likeness (QED) is 0.311. The smallest absolute Gasteiger partial charge is 0.247 e. The van der Waals surface area contributed by atoms with Gasteiger partial charge < -0.3 is 0 Å². The second kappa shape index (κ2) is 3.22. The molecule has 0 saturated heterocycles. The van der Waals surface area contributed by atoms with Crippen molar-refractivity contribution >= 4 is 6.01 Å². The molecule has 0 fully saturated rings. The fraction of sp³-hybridized carbons (Fsp3) is 0.800. The average molecular weight is 114 g/mol. The predicted molar refractivity (Wildman–Crippen MR) is 32.2 cm³/mol. The molecule has 0 aromatic rings. The summed E-state index contributed by atoms with van der Waals surface area (Å²) in [6.45, 7) is 2.78. The first-order valence-corrected chi connectivity index (χ1v) is 2.59. The lowest BCUT2D eigenvalue weighted by Crippen LogP contribution is -2.26. The number of rotatable bonds is 2. The Balaban J connectivity index is 3.92. The van der Waals surface area contributed by atoms with Gasteiger partial charge in [0.25, 0.3) is 0 Å². The lowest BCUT2D eigenvalue weighted by Gasteiger charge is -2.07. The van der Waals surface area contributed by atoms with Gasteiger partial charge in [0, 0.05) is 14.1 Å². The van der Waals surface area contributed by atoms with E-state index in [0.717, 1.165) is 6.54 Å². The van der Waals surface area contributed by atoms with Gasteiger partial charge in [0.1, 0.15) is 6.54 Å². The van der Waals surface area contributed by atoms with Crippen LogP contribution >= 0.6 is 0 Å². The zero-order chi connectivity index (χ0) is 6.57. The van der Waals surface area contributed by atoms with Crippen molar-refractivity contribution in [3.8, 4) is 0 Å². The van der Waals surface area contributed by atoms with Crippen LogP contribution in [0.1, 0.15) is 6.92 Å². The Hall–Kier alpha value is -0.820. The van der Waals surface area contributed by atoms with E-state index in [2.05, 4.69) is 6.01 Å². The van der Waals surface area contributed by atoms with E-state index in [4.69, 9.17) is 5.41 Å². The Bertz CT molecular complexity index is 111. The van der Waals surface area contributed by atoms with Gasteiger partial charge >= 0.3 is 6.01 Å². The summed E-state index contributed by atoms with van der Waals surface area (Å²) in [6.07, 6.45) is 0. The Morgan fingerprint density at radius 1 is 1.62 bits per heavy atom. The molecule has 0 heterocycles. The van der Waals surface area contributed by atoms with Crippen molar-refractivity contribution in [2.24, 2.45) is 0 Å². The Labute approximate surface area is 49.7 Å². The molecular formula is C5H12N3+. The lowest BCUT2D eigenvalue weighted by molar-refractivity contribution is -0.671. The second-order valence-corrected chi connectivity index (χ2v) is 1.67. The van der Waals surface area contributed by atoms with Crippen LogP contribution in [-0.2, 0) is 0 Å². The van der Waals surface area contributed by atoms with Crippen LogP contribution in [0.5, 0.6) is 0 Å². The number of nitrogens with zero attached hydrogens (tertiary/aromatic N) is 2. The van der Waals surface area contributed by atoms with Gasteiger partial charge in [-0.15, -0.1) is 4.68 Å². The fourth-order valence-corrected chi connectivity index (χ4v) is 0.462. The lowest BCUT2D eigenvalue weighted by atomic mass is 10.8. The largest absolute Gasteiger partial charge is 0.329 e. The summed E-state index contributed by atoms with van der Waals surface area (Å²) in [6, 6.07) is 2.26. The highest BCUT2D eigenvalue weighted by Gasteiger charge is 1.93. The molecule has 0 rings (SSSR count). The van der Waals surface area contributed by atoms with Crippen LogP contribution in [0.2, 0.25) is 0 Å². The molecule has 0 aromatic carbocycles. The summed E-state index contributed by atoms with van der Waals surface area (Å²) >= 11 is 0. The van der Waals surface area contributed by atoms with Crippen LogP contribution in [0.15, 0.2) is 0 Å². The SMILES string of the molecule is CC[N+](=C=N)N(C)C. The van der Waals surface area contributed by atoms with Crippen LogP contribution in [-0.4, -0.2) is 36.3 Å². The van der Waals surface area contributed by atoms with E-state index in [1.807, 2.05) is 26.0 Å². The molecule has 3 nitrogen and oxygen atoms in total. The van der Waals surface area contributed by atoms with Gasteiger partial charge in [-0.1, -0.05) is 5.41 Å². The minimum Gasteiger partial charge on any atom is -0.247 e. The predicted octanol–water partition coefficient (Wildman–Crippen LogP) is 0.248. The van der Waals surface area contributed by atoms with Crippen molar-refractivity contribution in [2.75, 3.05) is 20.6 Å². The van der Waals surface area contributed by atoms with Crippen LogP contribution in [0.3, 0.4) is 0 Å². The molecule has 0 aliphatic heterocycles. The molecular weight excluding hydrogens is 102 g/mol. The zero-order valence-corrected chi connectivity index (χ0v) is 5.60. The molecule has 3 heteroatoms. The van der Waals surface area contributed by atoms with Gasteiger partial charge in [-0.25, -0.2) is 5.01 Å². The number of hydrogen-bond acceptors (Lipinski definition) is 2. The molecule has 1 N–H and O–H groups in total. The summed E-state index contributed by atoms with van der Waals surface area (Å²) in [5, 5.41) is 8.54. The van der Waals surface area contributed by atoms with E-state index >= 15 is 0 Å². The van der Waals surface area contributed by atoms with E-state index in [1.165, 1.54) is 0 Å². The van der Waals surface area contributed by atoms with Gasteiger partial charge in [-0.2, -0.15) is 0 Å². The molecule has 46 valence electrons. The maximum absolute atomic E-state index is 6.72. The Morgan fingerprint density at radius 2 is 2.12 bits per heavy atom. The Kier molecular flexibility index (Phi) is 2.89. The summed E-state index contributed by atoms with van der Waals surface area (Å²) in [7, 11) is 3.76. The molecule has 0 atom stereocenters. The summed E-state index contributed by atoms with van der Waals surface area (Å²) in [4.78, 5) is 0. The van der Waals surface area contributed by atoms with E-state index in [1.54, 1.807) is 4.68 Å². The molecule has 0 radical (unpaired) electrons. The molecule has 8 heavy (non-hydrogen) atoms. The van der Waals surface area contributed by atoms with Crippen molar-refractivity contribution in [1.82, 2.24) is 5.01 Å². The third-order valence-corrected chi connectivity index (χ3v) is 0.911. The van der Waals surface area contributed by atoms with E-state index < -0.39 is 0 Å². The third-order valence-electron chi connectivity index (χ3n) is 0.911. The topological polar surface area (TPSA) is 30.1 Å². The molecule has 0 bridgehead atoms.